The minimum Gasteiger partial charge on any atom is -0.478 e. The maximum Gasteiger partial charge on any atom is 0.335 e. The molecule has 0 aromatic heterocycles. The van der Waals surface area contributed by atoms with E-state index in [0.29, 0.717) is 38.2 Å². The van der Waals surface area contributed by atoms with Gasteiger partial charge in [-0.1, -0.05) is 26.0 Å². The zero-order valence-corrected chi connectivity index (χ0v) is 22.0. The molecule has 2 aromatic carbocycles. The number of anilines is 1. The molecule has 0 saturated carbocycles. The van der Waals surface area contributed by atoms with Crippen LogP contribution >= 0.6 is 0 Å². The number of hydrogen-bond acceptors (Lipinski definition) is 5. The van der Waals surface area contributed by atoms with E-state index in [2.05, 4.69) is 5.32 Å². The fourth-order valence-corrected chi connectivity index (χ4v) is 5.33. The quantitative estimate of drug-likeness (QED) is 0.602. The number of aromatic carboxylic acids is 1. The van der Waals surface area contributed by atoms with Crippen molar-refractivity contribution in [2.45, 2.75) is 45.2 Å². The largest absolute Gasteiger partial charge is 0.478 e. The van der Waals surface area contributed by atoms with Gasteiger partial charge in [-0.25, -0.2) is 9.18 Å². The fourth-order valence-electron chi connectivity index (χ4n) is 5.33. The Kier molecular flexibility index (Phi) is 7.44. The zero-order valence-electron chi connectivity index (χ0n) is 22.0. The smallest absolute Gasteiger partial charge is 0.335 e. The molecule has 38 heavy (non-hydrogen) atoms. The van der Waals surface area contributed by atoms with Crippen molar-refractivity contribution < 1.29 is 28.7 Å². The first-order valence-electron chi connectivity index (χ1n) is 12.7. The number of piperidine rings is 1. The Morgan fingerprint density at radius 3 is 2.26 bits per heavy atom. The molecule has 2 N–H and O–H groups in total. The number of amides is 3. The summed E-state index contributed by atoms with van der Waals surface area (Å²) in [5.74, 6) is -2.83. The number of likely N-dealkylation sites (N-methyl/N-ethyl adjacent to an activating group) is 1. The lowest BCUT2D eigenvalue weighted by atomic mass is 9.85. The van der Waals surface area contributed by atoms with E-state index in [9.17, 15) is 28.7 Å². The molecule has 2 saturated heterocycles. The summed E-state index contributed by atoms with van der Waals surface area (Å²) in [4.78, 5) is 56.2. The molecular formula is C28H33FN4O5. The molecule has 9 nitrogen and oxygen atoms in total. The van der Waals surface area contributed by atoms with Crippen LogP contribution in [0, 0.1) is 18.7 Å². The number of carbonyl (C=O) groups is 4. The number of hydrogen-bond donors (Lipinski definition) is 2. The second kappa shape index (κ2) is 10.4. The highest BCUT2D eigenvalue weighted by Crippen LogP contribution is 2.39. The summed E-state index contributed by atoms with van der Waals surface area (Å²) in [5, 5.41) is 11.9. The molecule has 2 fully saturated rings. The molecule has 2 aliphatic rings. The Morgan fingerprint density at radius 2 is 1.68 bits per heavy atom. The number of rotatable bonds is 6. The van der Waals surface area contributed by atoms with Crippen LogP contribution in [-0.4, -0.2) is 77.0 Å². The molecule has 10 heteroatoms. The lowest BCUT2D eigenvalue weighted by Crippen LogP contribution is -2.60. The number of nitrogens with one attached hydrogen (secondary N) is 1. The number of aryl methyl sites for hydroxylation is 1. The van der Waals surface area contributed by atoms with Gasteiger partial charge in [0.25, 0.3) is 5.91 Å². The molecule has 1 unspecified atom stereocenters. The van der Waals surface area contributed by atoms with E-state index in [4.69, 9.17) is 0 Å². The highest BCUT2D eigenvalue weighted by atomic mass is 19.1. The van der Waals surface area contributed by atoms with Gasteiger partial charge >= 0.3 is 5.97 Å². The number of nitrogens with zero attached hydrogens (tertiary/aromatic N) is 3. The van der Waals surface area contributed by atoms with Gasteiger partial charge in [0.05, 0.1) is 17.8 Å². The molecule has 0 radical (unpaired) electrons. The molecule has 2 aliphatic heterocycles. The van der Waals surface area contributed by atoms with Gasteiger partial charge in [0.1, 0.15) is 17.4 Å². The van der Waals surface area contributed by atoms with Gasteiger partial charge in [-0.15, -0.1) is 0 Å². The maximum absolute atomic E-state index is 14.5. The number of carbonyl (C=O) groups excluding carboxylic acids is 3. The highest BCUT2D eigenvalue weighted by Gasteiger charge is 2.53. The van der Waals surface area contributed by atoms with E-state index in [1.807, 2.05) is 18.7 Å². The summed E-state index contributed by atoms with van der Waals surface area (Å²) in [6, 6.07) is 10.1. The molecule has 1 spiro atoms. The average molecular weight is 525 g/mol. The predicted molar refractivity (Wildman–Crippen MR) is 139 cm³/mol. The van der Waals surface area contributed by atoms with Crippen LogP contribution in [-0.2, 0) is 9.59 Å². The standard InChI is InChI=1S/C28H33FN4O5/c1-17(2)23(30-24(34)21-7-5-6-18(3)22(21)29)25(35)32-14-12-28(13-15-32)27(38)31(4)16-33(28)20-10-8-19(9-11-20)26(36)37/h5-11,17,23H,12-16H2,1-4H3,(H,30,34)(H,36,37). The highest BCUT2D eigenvalue weighted by molar-refractivity contribution is 5.98. The third kappa shape index (κ3) is 4.82. The van der Waals surface area contributed by atoms with E-state index >= 15 is 0 Å². The molecule has 202 valence electrons. The van der Waals surface area contributed by atoms with Crippen LogP contribution in [0.2, 0.25) is 0 Å². The summed E-state index contributed by atoms with van der Waals surface area (Å²) in [7, 11) is 1.72. The Bertz CT molecular complexity index is 1250. The third-order valence-corrected chi connectivity index (χ3v) is 7.60. The lowest BCUT2D eigenvalue weighted by Gasteiger charge is -2.44. The van der Waals surface area contributed by atoms with E-state index < -0.39 is 29.3 Å². The van der Waals surface area contributed by atoms with Gasteiger partial charge in [-0.05, 0) is 61.6 Å². The van der Waals surface area contributed by atoms with Crippen LogP contribution in [0.1, 0.15) is 53.0 Å². The van der Waals surface area contributed by atoms with Crippen LogP contribution < -0.4 is 10.2 Å². The Labute approximate surface area is 221 Å². The fraction of sp³-hybridized carbons (Fsp3) is 0.429. The number of likely N-dealkylation sites (tertiary alicyclic amines) is 1. The van der Waals surface area contributed by atoms with Crippen molar-refractivity contribution in [1.29, 1.82) is 0 Å². The zero-order chi connectivity index (χ0) is 27.8. The van der Waals surface area contributed by atoms with Crippen LogP contribution in [0.4, 0.5) is 10.1 Å². The molecular weight excluding hydrogens is 491 g/mol. The first-order chi connectivity index (χ1) is 18.0. The van der Waals surface area contributed by atoms with Crippen molar-refractivity contribution in [1.82, 2.24) is 15.1 Å². The summed E-state index contributed by atoms with van der Waals surface area (Å²) in [6.45, 7) is 6.18. The van der Waals surface area contributed by atoms with Gasteiger partial charge in [0.15, 0.2) is 0 Å². The van der Waals surface area contributed by atoms with E-state index in [0.717, 1.165) is 5.69 Å². The lowest BCUT2D eigenvalue weighted by molar-refractivity contribution is -0.139. The number of benzene rings is 2. The van der Waals surface area contributed by atoms with E-state index in [1.54, 1.807) is 48.0 Å². The van der Waals surface area contributed by atoms with Gasteiger partial charge in [0, 0.05) is 25.8 Å². The van der Waals surface area contributed by atoms with Gasteiger partial charge < -0.3 is 25.1 Å². The van der Waals surface area contributed by atoms with Gasteiger partial charge in [-0.3, -0.25) is 14.4 Å². The number of carboxylic acid groups (broad SMARTS) is 1. The van der Waals surface area contributed by atoms with Crippen molar-refractivity contribution >= 4 is 29.4 Å². The summed E-state index contributed by atoms with van der Waals surface area (Å²) < 4.78 is 14.5. The molecule has 0 aliphatic carbocycles. The van der Waals surface area contributed by atoms with E-state index in [1.165, 1.54) is 18.2 Å². The Balaban J connectivity index is 1.50. The van der Waals surface area contributed by atoms with Gasteiger partial charge in [-0.2, -0.15) is 0 Å². The number of carboxylic acids is 1. The predicted octanol–water partition coefficient (Wildman–Crippen LogP) is 2.88. The van der Waals surface area contributed by atoms with E-state index in [-0.39, 0.29) is 28.9 Å². The second-order valence-corrected chi connectivity index (χ2v) is 10.4. The Hall–Kier alpha value is -3.95. The molecule has 2 aromatic rings. The molecule has 3 amide bonds. The first kappa shape index (κ1) is 27.1. The topological polar surface area (TPSA) is 110 Å². The van der Waals surface area contributed by atoms with Crippen molar-refractivity contribution in [2.75, 3.05) is 31.7 Å². The van der Waals surface area contributed by atoms with Crippen molar-refractivity contribution in [3.8, 4) is 0 Å². The number of halogens is 1. The minimum absolute atomic E-state index is 0.0458. The van der Waals surface area contributed by atoms with Gasteiger partial charge in [0.2, 0.25) is 11.8 Å². The summed E-state index contributed by atoms with van der Waals surface area (Å²) in [5.41, 5.74) is 0.289. The second-order valence-electron chi connectivity index (χ2n) is 10.4. The van der Waals surface area contributed by atoms with Crippen molar-refractivity contribution in [2.24, 2.45) is 5.92 Å². The van der Waals surface area contributed by atoms with Crippen molar-refractivity contribution in [3.63, 3.8) is 0 Å². The minimum atomic E-state index is -1.02. The average Bonchev–Trinajstić information content (AvgIpc) is 3.13. The maximum atomic E-state index is 14.5. The Morgan fingerprint density at radius 1 is 1.05 bits per heavy atom. The normalized spacial score (nSPS) is 17.7. The van der Waals surface area contributed by atoms with Crippen LogP contribution in [0.3, 0.4) is 0 Å². The molecule has 4 rings (SSSR count). The molecule has 1 atom stereocenters. The van der Waals surface area contributed by atoms with Crippen molar-refractivity contribution in [3.05, 3.63) is 65.0 Å². The van der Waals surface area contributed by atoms with Crippen LogP contribution in [0.25, 0.3) is 0 Å². The first-order valence-corrected chi connectivity index (χ1v) is 12.7. The van der Waals surface area contributed by atoms with Crippen LogP contribution in [0.5, 0.6) is 0 Å². The third-order valence-electron chi connectivity index (χ3n) is 7.60. The monoisotopic (exact) mass is 524 g/mol. The SMILES string of the molecule is Cc1cccc(C(=O)NC(C(=O)N2CCC3(CC2)C(=O)N(C)CN3c2ccc(C(=O)O)cc2)C(C)C)c1F. The summed E-state index contributed by atoms with van der Waals surface area (Å²) in [6.07, 6.45) is 0.766. The molecule has 2 heterocycles. The molecule has 0 bridgehead atoms. The summed E-state index contributed by atoms with van der Waals surface area (Å²) >= 11 is 0. The van der Waals surface area contributed by atoms with Crippen LogP contribution in [0.15, 0.2) is 42.5 Å².